The summed E-state index contributed by atoms with van der Waals surface area (Å²) >= 11 is 0. The number of Topliss-reactive ketones (excluding diaryl/α,β-unsaturated/α-hetero) is 1. The number of allylic oxidation sites excluding steroid dienone is 1. The molecule has 104 valence electrons. The molecule has 0 fully saturated rings. The van der Waals surface area contributed by atoms with Crippen LogP contribution in [0.5, 0.6) is 0 Å². The fourth-order valence-corrected chi connectivity index (χ4v) is 2.76. The van der Waals surface area contributed by atoms with Gasteiger partial charge in [0.25, 0.3) is 0 Å². The molecule has 0 saturated carbocycles. The average Bonchev–Trinajstić information content (AvgIpc) is 2.68. The smallest absolute Gasteiger partial charge is 0.166 e. The highest BCUT2D eigenvalue weighted by Gasteiger charge is 2.23. The molecule has 0 N–H and O–H groups in total. The first-order valence-electron chi connectivity index (χ1n) is 6.81. The molecular formula is C16H22O3. The van der Waals surface area contributed by atoms with Crippen LogP contribution >= 0.6 is 0 Å². The minimum atomic E-state index is 0.0837. The Kier molecular flexibility index (Phi) is 4.25. The number of methoxy groups -OCH3 is 1. The first-order chi connectivity index (χ1) is 9.01. The summed E-state index contributed by atoms with van der Waals surface area (Å²) in [6.45, 7) is 6.10. The Bertz CT molecular complexity index is 496. The first kappa shape index (κ1) is 14.1. The number of hydrogen-bond acceptors (Lipinski definition) is 3. The van der Waals surface area contributed by atoms with E-state index in [1.807, 2.05) is 6.92 Å². The Morgan fingerprint density at radius 2 is 2.11 bits per heavy atom. The normalized spacial score (nSPS) is 27.6. The fraction of sp³-hybridized carbons (Fsp3) is 0.562. The molecule has 2 rings (SSSR count). The third-order valence-corrected chi connectivity index (χ3v) is 3.71. The van der Waals surface area contributed by atoms with Crippen LogP contribution in [0, 0.1) is 12.8 Å². The second kappa shape index (κ2) is 5.74. The van der Waals surface area contributed by atoms with Crippen LogP contribution in [-0.4, -0.2) is 19.0 Å². The maximum absolute atomic E-state index is 12.4. The van der Waals surface area contributed by atoms with Gasteiger partial charge in [0.2, 0.25) is 0 Å². The van der Waals surface area contributed by atoms with Crippen LogP contribution in [0.4, 0.5) is 0 Å². The van der Waals surface area contributed by atoms with E-state index >= 15 is 0 Å². The molecule has 0 bridgehead atoms. The molecule has 0 aromatic carbocycles. The summed E-state index contributed by atoms with van der Waals surface area (Å²) in [6.07, 6.45) is 6.04. The zero-order valence-electron chi connectivity index (χ0n) is 12.2. The van der Waals surface area contributed by atoms with E-state index in [9.17, 15) is 4.79 Å². The van der Waals surface area contributed by atoms with Crippen LogP contribution in [0.1, 0.15) is 48.4 Å². The number of hydrogen-bond donors (Lipinski definition) is 0. The molecule has 0 aliphatic heterocycles. The average molecular weight is 262 g/mol. The Morgan fingerprint density at radius 3 is 2.79 bits per heavy atom. The number of rotatable bonds is 1. The summed E-state index contributed by atoms with van der Waals surface area (Å²) < 4.78 is 11.0. The second-order valence-corrected chi connectivity index (χ2v) is 5.65. The molecule has 0 spiro atoms. The van der Waals surface area contributed by atoms with Crippen LogP contribution < -0.4 is 0 Å². The predicted octanol–water partition coefficient (Wildman–Crippen LogP) is 3.70. The van der Waals surface area contributed by atoms with Crippen molar-refractivity contribution in [2.75, 3.05) is 7.11 Å². The van der Waals surface area contributed by atoms with E-state index in [-0.39, 0.29) is 11.9 Å². The lowest BCUT2D eigenvalue weighted by Crippen LogP contribution is -2.18. The van der Waals surface area contributed by atoms with Crippen molar-refractivity contribution in [3.05, 3.63) is 34.8 Å². The third-order valence-electron chi connectivity index (χ3n) is 3.71. The van der Waals surface area contributed by atoms with E-state index in [1.165, 1.54) is 5.57 Å². The van der Waals surface area contributed by atoms with E-state index in [0.717, 1.165) is 23.3 Å². The Hall–Kier alpha value is -1.35. The topological polar surface area (TPSA) is 39.4 Å². The standard InChI is InChI=1S/C16H22O3/c1-10-5-13(18-4)6-11(2)8-15-16(14(17)7-10)12(3)9-19-15/h6,9-10,13H,5,7-8H2,1-4H3/b11-6+/t10-,13?/m0/s1. The van der Waals surface area contributed by atoms with Gasteiger partial charge in [-0.15, -0.1) is 0 Å². The molecule has 1 heterocycles. The van der Waals surface area contributed by atoms with Crippen molar-refractivity contribution in [1.29, 1.82) is 0 Å². The molecule has 1 aliphatic carbocycles. The monoisotopic (exact) mass is 262 g/mol. The van der Waals surface area contributed by atoms with Gasteiger partial charge in [-0.05, 0) is 31.7 Å². The van der Waals surface area contributed by atoms with Crippen LogP contribution in [0.2, 0.25) is 0 Å². The molecule has 3 nitrogen and oxygen atoms in total. The quantitative estimate of drug-likeness (QED) is 0.724. The minimum absolute atomic E-state index is 0.0837. The van der Waals surface area contributed by atoms with E-state index in [1.54, 1.807) is 13.4 Å². The van der Waals surface area contributed by atoms with Crippen molar-refractivity contribution in [3.8, 4) is 0 Å². The van der Waals surface area contributed by atoms with Gasteiger partial charge >= 0.3 is 0 Å². The van der Waals surface area contributed by atoms with Gasteiger partial charge < -0.3 is 9.15 Å². The summed E-state index contributed by atoms with van der Waals surface area (Å²) in [7, 11) is 1.72. The van der Waals surface area contributed by atoms with E-state index in [2.05, 4.69) is 19.9 Å². The number of fused-ring (bicyclic) bond motifs is 1. The Labute approximate surface area is 114 Å². The maximum atomic E-state index is 12.4. The molecule has 2 atom stereocenters. The molecule has 0 saturated heterocycles. The van der Waals surface area contributed by atoms with Crippen LogP contribution in [0.25, 0.3) is 0 Å². The van der Waals surface area contributed by atoms with Gasteiger partial charge in [0.05, 0.1) is 17.9 Å². The van der Waals surface area contributed by atoms with Gasteiger partial charge in [-0.1, -0.05) is 18.6 Å². The minimum Gasteiger partial charge on any atom is -0.468 e. The summed E-state index contributed by atoms with van der Waals surface area (Å²) in [4.78, 5) is 12.4. The summed E-state index contributed by atoms with van der Waals surface area (Å²) in [5, 5.41) is 0. The Balaban J connectivity index is 2.40. The van der Waals surface area contributed by atoms with Gasteiger partial charge in [-0.2, -0.15) is 0 Å². The lowest BCUT2D eigenvalue weighted by molar-refractivity contribution is 0.0913. The number of carbonyl (C=O) groups excluding carboxylic acids is 1. The van der Waals surface area contributed by atoms with Gasteiger partial charge in [-0.3, -0.25) is 4.79 Å². The summed E-state index contributed by atoms with van der Waals surface area (Å²) in [5.74, 6) is 1.29. The lowest BCUT2D eigenvalue weighted by atomic mass is 9.90. The van der Waals surface area contributed by atoms with Gasteiger partial charge in [0.1, 0.15) is 5.76 Å². The SMILES string of the molecule is COC1/C=C(\C)Cc2occ(C)c2C(=O)C[C@@H](C)C1. The van der Waals surface area contributed by atoms with Crippen LogP contribution in [0.3, 0.4) is 0 Å². The fourth-order valence-electron chi connectivity index (χ4n) is 2.76. The van der Waals surface area contributed by atoms with Crippen LogP contribution in [-0.2, 0) is 11.2 Å². The molecule has 1 aromatic heterocycles. The van der Waals surface area contributed by atoms with Gasteiger partial charge in [0.15, 0.2) is 5.78 Å². The molecular weight excluding hydrogens is 240 g/mol. The first-order valence-corrected chi connectivity index (χ1v) is 6.81. The zero-order valence-corrected chi connectivity index (χ0v) is 12.2. The number of ether oxygens (including phenoxy) is 1. The van der Waals surface area contributed by atoms with E-state index < -0.39 is 0 Å². The van der Waals surface area contributed by atoms with E-state index in [4.69, 9.17) is 9.15 Å². The molecule has 0 radical (unpaired) electrons. The number of furan rings is 1. The third kappa shape index (κ3) is 3.16. The zero-order chi connectivity index (χ0) is 14.0. The molecule has 1 unspecified atom stereocenters. The highest BCUT2D eigenvalue weighted by atomic mass is 16.5. The molecule has 1 aliphatic rings. The van der Waals surface area contributed by atoms with Crippen molar-refractivity contribution in [2.45, 2.75) is 46.1 Å². The van der Waals surface area contributed by atoms with Crippen LogP contribution in [0.15, 0.2) is 22.3 Å². The molecule has 1 aromatic rings. The number of aryl methyl sites for hydroxylation is 1. The second-order valence-electron chi connectivity index (χ2n) is 5.65. The van der Waals surface area contributed by atoms with Crippen molar-refractivity contribution < 1.29 is 13.9 Å². The highest BCUT2D eigenvalue weighted by molar-refractivity contribution is 5.98. The highest BCUT2D eigenvalue weighted by Crippen LogP contribution is 2.26. The molecule has 3 heteroatoms. The molecule has 0 amide bonds. The maximum Gasteiger partial charge on any atom is 0.166 e. The summed E-state index contributed by atoms with van der Waals surface area (Å²) in [6, 6.07) is 0. The van der Waals surface area contributed by atoms with Gasteiger partial charge in [-0.25, -0.2) is 0 Å². The lowest BCUT2D eigenvalue weighted by Gasteiger charge is -2.19. The van der Waals surface area contributed by atoms with Crippen molar-refractivity contribution >= 4 is 5.78 Å². The Morgan fingerprint density at radius 1 is 1.37 bits per heavy atom. The summed E-state index contributed by atoms with van der Waals surface area (Å²) in [5.41, 5.74) is 2.92. The number of carbonyl (C=O) groups is 1. The number of ketones is 1. The van der Waals surface area contributed by atoms with Crippen molar-refractivity contribution in [2.24, 2.45) is 5.92 Å². The van der Waals surface area contributed by atoms with Gasteiger partial charge in [0, 0.05) is 20.0 Å². The van der Waals surface area contributed by atoms with Crippen molar-refractivity contribution in [3.63, 3.8) is 0 Å². The largest absolute Gasteiger partial charge is 0.468 e. The van der Waals surface area contributed by atoms with E-state index in [0.29, 0.717) is 18.8 Å². The molecule has 19 heavy (non-hydrogen) atoms. The van der Waals surface area contributed by atoms with Crippen molar-refractivity contribution in [1.82, 2.24) is 0 Å². The predicted molar refractivity (Wildman–Crippen MR) is 74.4 cm³/mol.